The van der Waals surface area contributed by atoms with Crippen LogP contribution in [-0.2, 0) is 16.0 Å². The third-order valence-corrected chi connectivity index (χ3v) is 3.36. The molecule has 1 fully saturated rings. The number of nitrogens with two attached hydrogens (primary N) is 1. The van der Waals surface area contributed by atoms with Crippen molar-refractivity contribution in [3.8, 4) is 0 Å². The summed E-state index contributed by atoms with van der Waals surface area (Å²) in [6.45, 7) is 1.38. The molecule has 1 aromatic heterocycles. The van der Waals surface area contributed by atoms with E-state index in [0.717, 1.165) is 10.5 Å². The number of urea groups is 1. The number of anilines is 1. The van der Waals surface area contributed by atoms with Crippen LogP contribution in [0.5, 0.6) is 0 Å². The molecule has 20 heavy (non-hydrogen) atoms. The number of aromatic nitrogens is 1. The molecule has 0 aliphatic carbocycles. The molecular formula is C13H16N4O3. The van der Waals surface area contributed by atoms with Crippen LogP contribution in [0.4, 0.5) is 10.6 Å². The Hall–Kier alpha value is -2.44. The van der Waals surface area contributed by atoms with Crippen molar-refractivity contribution in [2.45, 2.75) is 19.4 Å². The number of likely N-dealkylation sites (tertiary alicyclic amines) is 1. The number of carbonyl (C=O) groups excluding carboxylic acids is 3. The highest BCUT2D eigenvalue weighted by Crippen LogP contribution is 2.30. The zero-order valence-electron chi connectivity index (χ0n) is 11.3. The summed E-state index contributed by atoms with van der Waals surface area (Å²) in [5.74, 6) is -0.719. The molecule has 2 heterocycles. The Kier molecular flexibility index (Phi) is 3.69. The van der Waals surface area contributed by atoms with E-state index in [2.05, 4.69) is 10.3 Å². The van der Waals surface area contributed by atoms with Gasteiger partial charge in [-0.3, -0.25) is 14.5 Å². The Morgan fingerprint density at radius 2 is 2.20 bits per heavy atom. The SMILES string of the molecule is CNC(=O)N1C(=O)[C@H](Cc2ccnc(N)c2)[C@H]1C(C)=O. The molecule has 7 nitrogen and oxygen atoms in total. The third kappa shape index (κ3) is 2.34. The fraction of sp³-hybridized carbons (Fsp3) is 0.385. The lowest BCUT2D eigenvalue weighted by Gasteiger charge is -2.43. The summed E-state index contributed by atoms with van der Waals surface area (Å²) in [6.07, 6.45) is 1.91. The van der Waals surface area contributed by atoms with E-state index >= 15 is 0 Å². The molecule has 0 saturated carbocycles. The van der Waals surface area contributed by atoms with Crippen molar-refractivity contribution in [3.63, 3.8) is 0 Å². The smallest absolute Gasteiger partial charge is 0.324 e. The van der Waals surface area contributed by atoms with Gasteiger partial charge in [0.1, 0.15) is 11.9 Å². The van der Waals surface area contributed by atoms with Gasteiger partial charge in [0.2, 0.25) is 5.91 Å². The van der Waals surface area contributed by atoms with Gasteiger partial charge in [-0.1, -0.05) is 0 Å². The molecule has 2 atom stereocenters. The molecule has 3 amide bonds. The number of nitrogens with zero attached hydrogens (tertiary/aromatic N) is 2. The van der Waals surface area contributed by atoms with Crippen LogP contribution in [0.25, 0.3) is 0 Å². The summed E-state index contributed by atoms with van der Waals surface area (Å²) >= 11 is 0. The van der Waals surface area contributed by atoms with Gasteiger partial charge >= 0.3 is 6.03 Å². The van der Waals surface area contributed by atoms with E-state index in [1.54, 1.807) is 18.3 Å². The van der Waals surface area contributed by atoms with Crippen LogP contribution in [0.2, 0.25) is 0 Å². The van der Waals surface area contributed by atoms with E-state index in [1.807, 2.05) is 0 Å². The first kappa shape index (κ1) is 14.0. The second kappa shape index (κ2) is 5.28. The van der Waals surface area contributed by atoms with Crippen LogP contribution in [0.1, 0.15) is 12.5 Å². The number of nitrogens with one attached hydrogen (secondary N) is 1. The molecule has 106 valence electrons. The van der Waals surface area contributed by atoms with E-state index in [9.17, 15) is 14.4 Å². The number of Topliss-reactive ketones (excluding diaryl/α,β-unsaturated/α-hetero) is 1. The van der Waals surface area contributed by atoms with Crippen molar-refractivity contribution in [1.29, 1.82) is 0 Å². The quantitative estimate of drug-likeness (QED) is 0.754. The number of ketones is 1. The fourth-order valence-corrected chi connectivity index (χ4v) is 2.43. The number of hydrogen-bond acceptors (Lipinski definition) is 5. The van der Waals surface area contributed by atoms with Gasteiger partial charge in [0.25, 0.3) is 0 Å². The Balaban J connectivity index is 2.18. The van der Waals surface area contributed by atoms with Gasteiger partial charge in [-0.15, -0.1) is 0 Å². The highest BCUT2D eigenvalue weighted by Gasteiger charge is 2.52. The third-order valence-electron chi connectivity index (χ3n) is 3.36. The molecule has 0 spiro atoms. The standard InChI is InChI=1S/C13H16N4O3/c1-7(18)11-9(12(19)17(11)13(20)15-2)5-8-3-4-16-10(14)6-8/h3-4,6,9,11H,5H2,1-2H3,(H2,14,16)(H,15,20)/t9-,11-/m1/s1. The molecule has 3 N–H and O–H groups in total. The van der Waals surface area contributed by atoms with Crippen LogP contribution >= 0.6 is 0 Å². The van der Waals surface area contributed by atoms with Crippen molar-refractivity contribution < 1.29 is 14.4 Å². The van der Waals surface area contributed by atoms with Crippen molar-refractivity contribution in [1.82, 2.24) is 15.2 Å². The monoisotopic (exact) mass is 276 g/mol. The number of hydrogen-bond donors (Lipinski definition) is 2. The van der Waals surface area contributed by atoms with Gasteiger partial charge in [-0.25, -0.2) is 9.78 Å². The molecule has 2 rings (SSSR count). The topological polar surface area (TPSA) is 105 Å². The number of imide groups is 1. The predicted octanol–water partition coefficient (Wildman–Crippen LogP) is -0.0383. The van der Waals surface area contributed by atoms with E-state index < -0.39 is 18.0 Å². The average Bonchev–Trinajstić information content (AvgIpc) is 2.40. The van der Waals surface area contributed by atoms with E-state index in [4.69, 9.17) is 5.73 Å². The minimum atomic E-state index is -0.711. The number of rotatable bonds is 3. The van der Waals surface area contributed by atoms with Crippen molar-refractivity contribution in [3.05, 3.63) is 23.9 Å². The van der Waals surface area contributed by atoms with Gasteiger partial charge in [0.15, 0.2) is 5.78 Å². The second-order valence-corrected chi connectivity index (χ2v) is 4.72. The summed E-state index contributed by atoms with van der Waals surface area (Å²) in [5, 5.41) is 2.36. The van der Waals surface area contributed by atoms with Gasteiger partial charge in [-0.2, -0.15) is 0 Å². The highest BCUT2D eigenvalue weighted by atomic mass is 16.2. The molecule has 0 aromatic carbocycles. The van der Waals surface area contributed by atoms with Crippen molar-refractivity contribution >= 4 is 23.5 Å². The maximum atomic E-state index is 12.0. The number of carbonyl (C=O) groups is 3. The first-order chi connectivity index (χ1) is 9.45. The minimum Gasteiger partial charge on any atom is -0.384 e. The largest absolute Gasteiger partial charge is 0.384 e. The van der Waals surface area contributed by atoms with Gasteiger partial charge < -0.3 is 11.1 Å². The van der Waals surface area contributed by atoms with Crippen LogP contribution in [-0.4, -0.2) is 40.7 Å². The highest BCUT2D eigenvalue weighted by molar-refractivity contribution is 6.08. The van der Waals surface area contributed by atoms with E-state index in [-0.39, 0.29) is 11.7 Å². The van der Waals surface area contributed by atoms with Gasteiger partial charge in [0.05, 0.1) is 5.92 Å². The number of β-lactam (4-membered cyclic amide) rings is 1. The van der Waals surface area contributed by atoms with Crippen LogP contribution in [0.3, 0.4) is 0 Å². The van der Waals surface area contributed by atoms with Crippen molar-refractivity contribution in [2.75, 3.05) is 12.8 Å². The van der Waals surface area contributed by atoms with Gasteiger partial charge in [-0.05, 0) is 31.0 Å². The summed E-state index contributed by atoms with van der Waals surface area (Å²) in [7, 11) is 1.42. The number of nitrogen functional groups attached to an aromatic ring is 1. The molecule has 1 aromatic rings. The van der Waals surface area contributed by atoms with Crippen LogP contribution in [0, 0.1) is 5.92 Å². The lowest BCUT2D eigenvalue weighted by Crippen LogP contribution is -2.67. The fourth-order valence-electron chi connectivity index (χ4n) is 2.43. The first-order valence-corrected chi connectivity index (χ1v) is 6.21. The van der Waals surface area contributed by atoms with Crippen LogP contribution in [0.15, 0.2) is 18.3 Å². The Labute approximate surface area is 116 Å². The van der Waals surface area contributed by atoms with Gasteiger partial charge in [0, 0.05) is 13.2 Å². The normalized spacial score (nSPS) is 21.3. The predicted molar refractivity (Wildman–Crippen MR) is 71.6 cm³/mol. The minimum absolute atomic E-state index is 0.208. The molecule has 1 saturated heterocycles. The Bertz CT molecular complexity index is 572. The zero-order valence-corrected chi connectivity index (χ0v) is 11.3. The molecule has 0 unspecified atom stereocenters. The van der Waals surface area contributed by atoms with Crippen molar-refractivity contribution in [2.24, 2.45) is 5.92 Å². The summed E-state index contributed by atoms with van der Waals surface area (Å²) in [6, 6.07) is 2.13. The van der Waals surface area contributed by atoms with E-state index in [0.29, 0.717) is 12.2 Å². The molecule has 7 heteroatoms. The summed E-state index contributed by atoms with van der Waals surface area (Å²) < 4.78 is 0. The van der Waals surface area contributed by atoms with E-state index in [1.165, 1.54) is 14.0 Å². The first-order valence-electron chi connectivity index (χ1n) is 6.21. The molecular weight excluding hydrogens is 260 g/mol. The molecule has 0 bridgehead atoms. The maximum absolute atomic E-state index is 12.0. The number of pyridine rings is 1. The molecule has 0 radical (unpaired) electrons. The summed E-state index contributed by atoms with van der Waals surface area (Å²) in [5.41, 5.74) is 6.40. The lowest BCUT2D eigenvalue weighted by atomic mass is 9.81. The maximum Gasteiger partial charge on any atom is 0.324 e. The summed E-state index contributed by atoms with van der Waals surface area (Å²) in [4.78, 5) is 40.1. The molecule has 1 aliphatic rings. The average molecular weight is 276 g/mol. The zero-order chi connectivity index (χ0) is 14.9. The molecule has 1 aliphatic heterocycles. The second-order valence-electron chi connectivity index (χ2n) is 4.72. The lowest BCUT2D eigenvalue weighted by molar-refractivity contribution is -0.155. The van der Waals surface area contributed by atoms with Crippen LogP contribution < -0.4 is 11.1 Å². The number of amides is 3. The Morgan fingerprint density at radius 1 is 1.50 bits per heavy atom. The Morgan fingerprint density at radius 3 is 2.75 bits per heavy atom.